The molecule has 0 unspecified atom stereocenters. The van der Waals surface area contributed by atoms with E-state index in [1.807, 2.05) is 4.90 Å². The summed E-state index contributed by atoms with van der Waals surface area (Å²) in [5, 5.41) is 0.230. The first-order chi connectivity index (χ1) is 9.05. The number of hydrogen-bond donors (Lipinski definition) is 0. The molecule has 0 spiro atoms. The molecule has 1 aliphatic heterocycles. The quantitative estimate of drug-likeness (QED) is 0.849. The molecule has 0 aromatic heterocycles. The van der Waals surface area contributed by atoms with Crippen molar-refractivity contribution in [3.05, 3.63) is 29.3 Å². The molecule has 0 bridgehead atoms. The highest BCUT2D eigenvalue weighted by atomic mass is 35.5. The van der Waals surface area contributed by atoms with Crippen molar-refractivity contribution in [2.45, 2.75) is 4.90 Å². The standard InChI is InChI=1S/C12H16ClFN2O2S/c13-11-3-1-2-4-12(11)19(17,18)16-9-7-15(6-5-14)8-10-16/h1-4H,5-10H2. The second-order valence-electron chi connectivity index (χ2n) is 4.37. The summed E-state index contributed by atoms with van der Waals surface area (Å²) in [4.78, 5) is 2.05. The minimum Gasteiger partial charge on any atom is -0.298 e. The van der Waals surface area contributed by atoms with E-state index in [1.165, 1.54) is 10.4 Å². The van der Waals surface area contributed by atoms with Crippen LogP contribution < -0.4 is 0 Å². The van der Waals surface area contributed by atoms with Gasteiger partial charge in [-0.25, -0.2) is 12.8 Å². The minimum atomic E-state index is -3.55. The summed E-state index contributed by atoms with van der Waals surface area (Å²) in [5.74, 6) is 0. The van der Waals surface area contributed by atoms with Crippen LogP contribution in [-0.2, 0) is 10.0 Å². The van der Waals surface area contributed by atoms with Crippen LogP contribution in [-0.4, -0.2) is 57.0 Å². The minimum absolute atomic E-state index is 0.135. The van der Waals surface area contributed by atoms with Crippen LogP contribution in [0.2, 0.25) is 5.02 Å². The van der Waals surface area contributed by atoms with Crippen molar-refractivity contribution in [2.75, 3.05) is 39.4 Å². The van der Waals surface area contributed by atoms with E-state index in [9.17, 15) is 12.8 Å². The number of halogens is 2. The van der Waals surface area contributed by atoms with Crippen LogP contribution in [0.4, 0.5) is 4.39 Å². The van der Waals surface area contributed by atoms with Gasteiger partial charge in [0, 0.05) is 32.7 Å². The van der Waals surface area contributed by atoms with Gasteiger partial charge < -0.3 is 0 Å². The largest absolute Gasteiger partial charge is 0.298 e. The molecular formula is C12H16ClFN2O2S. The summed E-state index contributed by atoms with van der Waals surface area (Å²) in [6.07, 6.45) is 0. The number of hydrogen-bond acceptors (Lipinski definition) is 3. The highest BCUT2D eigenvalue weighted by Crippen LogP contribution is 2.24. The van der Waals surface area contributed by atoms with Gasteiger partial charge in [0.1, 0.15) is 11.6 Å². The van der Waals surface area contributed by atoms with Crippen molar-refractivity contribution in [1.29, 1.82) is 0 Å². The van der Waals surface area contributed by atoms with Gasteiger partial charge in [0.05, 0.1) is 5.02 Å². The van der Waals surface area contributed by atoms with Crippen molar-refractivity contribution in [1.82, 2.24) is 9.21 Å². The van der Waals surface area contributed by atoms with E-state index in [0.29, 0.717) is 32.7 Å². The van der Waals surface area contributed by atoms with Gasteiger partial charge in [-0.3, -0.25) is 4.90 Å². The maximum atomic E-state index is 12.4. The Hall–Kier alpha value is -0.690. The second-order valence-corrected chi connectivity index (χ2v) is 6.68. The molecule has 0 saturated carbocycles. The highest BCUT2D eigenvalue weighted by molar-refractivity contribution is 7.89. The molecule has 0 aliphatic carbocycles. The van der Waals surface area contributed by atoms with Gasteiger partial charge in [-0.1, -0.05) is 23.7 Å². The van der Waals surface area contributed by atoms with E-state index in [0.717, 1.165) is 0 Å². The van der Waals surface area contributed by atoms with Crippen LogP contribution in [0.1, 0.15) is 0 Å². The van der Waals surface area contributed by atoms with Gasteiger partial charge in [-0.05, 0) is 12.1 Å². The molecule has 1 heterocycles. The van der Waals surface area contributed by atoms with Crippen molar-refractivity contribution in [3.63, 3.8) is 0 Å². The number of nitrogens with zero attached hydrogens (tertiary/aromatic N) is 2. The number of rotatable bonds is 4. The Morgan fingerprint density at radius 1 is 1.16 bits per heavy atom. The smallest absolute Gasteiger partial charge is 0.244 e. The fourth-order valence-electron chi connectivity index (χ4n) is 2.11. The highest BCUT2D eigenvalue weighted by Gasteiger charge is 2.29. The lowest BCUT2D eigenvalue weighted by atomic mass is 10.4. The Bertz CT molecular complexity index is 530. The van der Waals surface area contributed by atoms with Gasteiger partial charge in [0.25, 0.3) is 0 Å². The zero-order chi connectivity index (χ0) is 13.9. The van der Waals surface area contributed by atoms with Gasteiger partial charge in [-0.15, -0.1) is 0 Å². The summed E-state index contributed by atoms with van der Waals surface area (Å²) in [7, 11) is -3.55. The first-order valence-electron chi connectivity index (χ1n) is 6.08. The van der Waals surface area contributed by atoms with Crippen LogP contribution in [0.25, 0.3) is 0 Å². The molecule has 1 aliphatic rings. The molecule has 0 radical (unpaired) electrons. The second kappa shape index (κ2) is 6.17. The molecule has 106 valence electrons. The number of alkyl halides is 1. The lowest BCUT2D eigenvalue weighted by molar-refractivity contribution is 0.177. The molecule has 1 saturated heterocycles. The first kappa shape index (κ1) is 14.7. The summed E-state index contributed by atoms with van der Waals surface area (Å²) in [6.45, 7) is 1.79. The van der Waals surface area contributed by atoms with Crippen LogP contribution in [0.15, 0.2) is 29.2 Å². The van der Waals surface area contributed by atoms with E-state index in [-0.39, 0.29) is 9.92 Å². The third-order valence-electron chi connectivity index (χ3n) is 3.19. The summed E-state index contributed by atoms with van der Waals surface area (Å²) >= 11 is 5.94. The Kier molecular flexibility index (Phi) is 4.78. The predicted octanol–water partition coefficient (Wildman–Crippen LogP) is 1.62. The molecule has 1 fully saturated rings. The molecule has 1 aromatic carbocycles. The van der Waals surface area contributed by atoms with Gasteiger partial charge in [0.15, 0.2) is 0 Å². The maximum absolute atomic E-state index is 12.4. The molecule has 0 amide bonds. The average Bonchev–Trinajstić information content (AvgIpc) is 2.40. The zero-order valence-electron chi connectivity index (χ0n) is 10.4. The molecule has 19 heavy (non-hydrogen) atoms. The first-order valence-corrected chi connectivity index (χ1v) is 7.90. The SMILES string of the molecule is O=S(=O)(c1ccccc1Cl)N1CCN(CCF)CC1. The number of piperazine rings is 1. The molecule has 1 aromatic rings. The van der Waals surface area contributed by atoms with Gasteiger partial charge >= 0.3 is 0 Å². The summed E-state index contributed by atoms with van der Waals surface area (Å²) in [5.41, 5.74) is 0. The van der Waals surface area contributed by atoms with Gasteiger partial charge in [-0.2, -0.15) is 4.31 Å². The lowest BCUT2D eigenvalue weighted by Crippen LogP contribution is -2.49. The fraction of sp³-hybridized carbons (Fsp3) is 0.500. The van der Waals surface area contributed by atoms with Crippen molar-refractivity contribution < 1.29 is 12.8 Å². The number of benzene rings is 1. The van der Waals surface area contributed by atoms with E-state index in [2.05, 4.69) is 0 Å². The topological polar surface area (TPSA) is 40.6 Å². The Balaban J connectivity index is 2.12. The van der Waals surface area contributed by atoms with E-state index in [4.69, 9.17) is 11.6 Å². The normalized spacial score (nSPS) is 18.6. The third kappa shape index (κ3) is 3.25. The molecule has 2 rings (SSSR count). The van der Waals surface area contributed by atoms with Crippen molar-refractivity contribution in [2.24, 2.45) is 0 Å². The van der Waals surface area contributed by atoms with E-state index >= 15 is 0 Å². The van der Waals surface area contributed by atoms with Crippen LogP contribution in [0.3, 0.4) is 0 Å². The van der Waals surface area contributed by atoms with Crippen LogP contribution in [0, 0.1) is 0 Å². The average molecular weight is 307 g/mol. The molecule has 0 N–H and O–H groups in total. The van der Waals surface area contributed by atoms with Gasteiger partial charge in [0.2, 0.25) is 10.0 Å². The number of sulfonamides is 1. The molecule has 4 nitrogen and oxygen atoms in total. The van der Waals surface area contributed by atoms with Crippen molar-refractivity contribution >= 4 is 21.6 Å². The van der Waals surface area contributed by atoms with Crippen molar-refractivity contribution in [3.8, 4) is 0 Å². The Morgan fingerprint density at radius 3 is 2.37 bits per heavy atom. The zero-order valence-corrected chi connectivity index (χ0v) is 12.0. The predicted molar refractivity (Wildman–Crippen MR) is 72.6 cm³/mol. The molecular weight excluding hydrogens is 291 g/mol. The lowest BCUT2D eigenvalue weighted by Gasteiger charge is -2.33. The Labute approximate surface area is 117 Å². The maximum Gasteiger partial charge on any atom is 0.244 e. The summed E-state index contributed by atoms with van der Waals surface area (Å²) in [6, 6.07) is 6.41. The van der Waals surface area contributed by atoms with Crippen LogP contribution >= 0.6 is 11.6 Å². The monoisotopic (exact) mass is 306 g/mol. The molecule has 0 atom stereocenters. The van der Waals surface area contributed by atoms with E-state index in [1.54, 1.807) is 18.2 Å². The Morgan fingerprint density at radius 2 is 1.79 bits per heavy atom. The fourth-order valence-corrected chi connectivity index (χ4v) is 4.02. The molecule has 7 heteroatoms. The third-order valence-corrected chi connectivity index (χ3v) is 5.58. The summed E-state index contributed by atoms with van der Waals surface area (Å²) < 4.78 is 38.5. The van der Waals surface area contributed by atoms with Crippen LogP contribution in [0.5, 0.6) is 0 Å². The van der Waals surface area contributed by atoms with E-state index < -0.39 is 16.7 Å².